The van der Waals surface area contributed by atoms with Crippen molar-refractivity contribution in [1.82, 2.24) is 5.32 Å². The van der Waals surface area contributed by atoms with Crippen LogP contribution in [-0.2, 0) is 20.7 Å². The molecule has 2 aromatic rings. The van der Waals surface area contributed by atoms with Crippen molar-refractivity contribution in [3.8, 4) is 0 Å². The minimum absolute atomic E-state index is 0.120. The Morgan fingerprint density at radius 1 is 1.15 bits per heavy atom. The second-order valence-corrected chi connectivity index (χ2v) is 6.16. The van der Waals surface area contributed by atoms with Crippen molar-refractivity contribution in [2.45, 2.75) is 19.4 Å². The van der Waals surface area contributed by atoms with Gasteiger partial charge in [0.15, 0.2) is 12.4 Å². The molecule has 0 fully saturated rings. The number of Topliss-reactive ketones (excluding diaryl/α,β-unsaturated/α-hetero) is 1. The lowest BCUT2D eigenvalue weighted by Gasteiger charge is -2.16. The zero-order valence-corrected chi connectivity index (χ0v) is 15.0. The first-order chi connectivity index (χ1) is 12.4. The van der Waals surface area contributed by atoms with Gasteiger partial charge >= 0.3 is 5.97 Å². The molecule has 0 bridgehead atoms. The number of carbonyl (C=O) groups is 3. The molecule has 136 valence electrons. The molecule has 0 radical (unpaired) electrons. The molecule has 7 heteroatoms. The number of nitrogens with one attached hydrogen (secondary N) is 1. The van der Waals surface area contributed by atoms with Crippen LogP contribution in [-0.4, -0.2) is 30.3 Å². The number of nitrogens with two attached hydrogens (primary N) is 1. The largest absolute Gasteiger partial charge is 0.452 e. The van der Waals surface area contributed by atoms with E-state index in [9.17, 15) is 14.4 Å². The molecule has 26 heavy (non-hydrogen) atoms. The Bertz CT molecular complexity index is 808. The zero-order valence-electron chi connectivity index (χ0n) is 14.2. The van der Waals surface area contributed by atoms with Crippen LogP contribution in [0, 0.1) is 0 Å². The van der Waals surface area contributed by atoms with Crippen LogP contribution in [0.1, 0.15) is 22.8 Å². The maximum absolute atomic E-state index is 12.0. The Labute approximate surface area is 156 Å². The van der Waals surface area contributed by atoms with Gasteiger partial charge in [-0.2, -0.15) is 0 Å². The second-order valence-electron chi connectivity index (χ2n) is 5.73. The Hall–Kier alpha value is -2.86. The maximum atomic E-state index is 12.0. The van der Waals surface area contributed by atoms with Crippen molar-refractivity contribution in [2.75, 3.05) is 12.3 Å². The number of anilines is 1. The monoisotopic (exact) mass is 374 g/mol. The van der Waals surface area contributed by atoms with E-state index >= 15 is 0 Å². The molecule has 0 saturated carbocycles. The van der Waals surface area contributed by atoms with Crippen molar-refractivity contribution in [3.05, 3.63) is 64.7 Å². The molecule has 0 aromatic heterocycles. The van der Waals surface area contributed by atoms with Gasteiger partial charge in [-0.05, 0) is 37.1 Å². The predicted molar refractivity (Wildman–Crippen MR) is 98.9 cm³/mol. The number of ketones is 1. The summed E-state index contributed by atoms with van der Waals surface area (Å²) in [7, 11) is 0. The summed E-state index contributed by atoms with van der Waals surface area (Å²) in [6.45, 7) is 0.883. The molecule has 0 spiro atoms. The Morgan fingerprint density at radius 3 is 2.46 bits per heavy atom. The van der Waals surface area contributed by atoms with Crippen molar-refractivity contribution >= 4 is 34.9 Å². The van der Waals surface area contributed by atoms with E-state index in [2.05, 4.69) is 5.32 Å². The fourth-order valence-electron chi connectivity index (χ4n) is 2.31. The Balaban J connectivity index is 1.91. The summed E-state index contributed by atoms with van der Waals surface area (Å²) in [5.74, 6) is -1.49. The van der Waals surface area contributed by atoms with Crippen molar-refractivity contribution in [2.24, 2.45) is 0 Å². The van der Waals surface area contributed by atoms with Crippen molar-refractivity contribution < 1.29 is 19.1 Å². The first kappa shape index (κ1) is 19.5. The zero-order chi connectivity index (χ0) is 19.1. The summed E-state index contributed by atoms with van der Waals surface area (Å²) < 4.78 is 4.96. The fraction of sp³-hybridized carbons (Fsp3) is 0.211. The summed E-state index contributed by atoms with van der Waals surface area (Å²) in [6.07, 6.45) is 0.361. The molecular formula is C19H19ClN2O4. The van der Waals surface area contributed by atoms with E-state index in [1.54, 1.807) is 0 Å². The average molecular weight is 375 g/mol. The number of benzene rings is 2. The first-order valence-electron chi connectivity index (χ1n) is 7.92. The van der Waals surface area contributed by atoms with Crippen molar-refractivity contribution in [3.63, 3.8) is 0 Å². The molecule has 0 unspecified atom stereocenters. The number of ether oxygens (including phenoxy) is 1. The van der Waals surface area contributed by atoms with E-state index in [-0.39, 0.29) is 17.0 Å². The number of rotatable bonds is 7. The Morgan fingerprint density at radius 2 is 1.85 bits per heavy atom. The van der Waals surface area contributed by atoms with Gasteiger partial charge in [0, 0.05) is 10.7 Å². The third-order valence-electron chi connectivity index (χ3n) is 3.68. The molecule has 2 aromatic carbocycles. The van der Waals surface area contributed by atoms with Crippen molar-refractivity contribution in [1.29, 1.82) is 0 Å². The molecule has 6 nitrogen and oxygen atoms in total. The summed E-state index contributed by atoms with van der Waals surface area (Å²) in [4.78, 5) is 35.8. The van der Waals surface area contributed by atoms with E-state index in [1.807, 2.05) is 30.3 Å². The summed E-state index contributed by atoms with van der Waals surface area (Å²) in [5.41, 5.74) is 6.90. The minimum atomic E-state index is -0.739. The minimum Gasteiger partial charge on any atom is -0.452 e. The number of nitrogen functional groups attached to an aromatic ring is 1. The van der Waals surface area contributed by atoms with Crippen LogP contribution >= 0.6 is 11.6 Å². The summed E-state index contributed by atoms with van der Waals surface area (Å²) >= 11 is 5.77. The highest BCUT2D eigenvalue weighted by atomic mass is 35.5. The molecule has 0 aliphatic heterocycles. The van der Waals surface area contributed by atoms with Crippen LogP contribution < -0.4 is 11.1 Å². The molecule has 1 atom stereocenters. The highest BCUT2D eigenvalue weighted by molar-refractivity contribution is 6.31. The number of esters is 1. The molecule has 0 heterocycles. The average Bonchev–Trinajstić information content (AvgIpc) is 2.60. The van der Waals surface area contributed by atoms with Crippen LogP contribution in [0.15, 0.2) is 48.5 Å². The topological polar surface area (TPSA) is 98.5 Å². The molecule has 3 N–H and O–H groups in total. The van der Waals surface area contributed by atoms with Gasteiger partial charge in [0.2, 0.25) is 0 Å². The molecule has 1 amide bonds. The van der Waals surface area contributed by atoms with E-state index < -0.39 is 24.5 Å². The van der Waals surface area contributed by atoms with Gasteiger partial charge in [0.1, 0.15) is 0 Å². The fourth-order valence-corrected chi connectivity index (χ4v) is 2.49. The third-order valence-corrected chi connectivity index (χ3v) is 3.91. The van der Waals surface area contributed by atoms with Gasteiger partial charge in [0.05, 0.1) is 11.6 Å². The number of halogens is 1. The lowest BCUT2D eigenvalue weighted by Crippen LogP contribution is -2.43. The van der Waals surface area contributed by atoms with Crippen LogP contribution in [0.4, 0.5) is 5.69 Å². The predicted octanol–water partition coefficient (Wildman–Crippen LogP) is 2.40. The van der Waals surface area contributed by atoms with Gasteiger partial charge in [-0.25, -0.2) is 4.79 Å². The standard InChI is InChI=1S/C19H19ClN2O4/c1-12(23)17(9-13-5-3-2-4-6-13)22-18(24)11-26-19(25)15-8-7-14(20)10-16(15)21/h2-8,10,17H,9,11,21H2,1H3,(H,22,24)/t17-/m1/s1. The van der Waals surface area contributed by atoms with Gasteiger partial charge in [-0.1, -0.05) is 41.9 Å². The van der Waals surface area contributed by atoms with Crippen LogP contribution in [0.25, 0.3) is 0 Å². The lowest BCUT2D eigenvalue weighted by molar-refractivity contribution is -0.128. The van der Waals surface area contributed by atoms with Crippen LogP contribution in [0.5, 0.6) is 0 Å². The van der Waals surface area contributed by atoms with Gasteiger partial charge in [-0.3, -0.25) is 9.59 Å². The molecule has 0 aliphatic carbocycles. The van der Waals surface area contributed by atoms with E-state index in [1.165, 1.54) is 25.1 Å². The quantitative estimate of drug-likeness (QED) is 0.572. The highest BCUT2D eigenvalue weighted by Gasteiger charge is 2.19. The van der Waals surface area contributed by atoms with E-state index in [4.69, 9.17) is 22.1 Å². The molecule has 0 saturated heterocycles. The second kappa shape index (κ2) is 9.01. The first-order valence-corrected chi connectivity index (χ1v) is 8.30. The molecule has 2 rings (SSSR count). The maximum Gasteiger partial charge on any atom is 0.340 e. The Kier molecular flexibility index (Phi) is 6.74. The van der Waals surface area contributed by atoms with Gasteiger partial charge in [0.25, 0.3) is 5.91 Å². The lowest BCUT2D eigenvalue weighted by atomic mass is 10.0. The highest BCUT2D eigenvalue weighted by Crippen LogP contribution is 2.18. The number of amides is 1. The molecule has 0 aliphatic rings. The molecular weight excluding hydrogens is 356 g/mol. The van der Waals surface area contributed by atoms with E-state index in [0.29, 0.717) is 11.4 Å². The number of hydrogen-bond acceptors (Lipinski definition) is 5. The smallest absolute Gasteiger partial charge is 0.340 e. The van der Waals surface area contributed by atoms with Crippen LogP contribution in [0.3, 0.4) is 0 Å². The van der Waals surface area contributed by atoms with Gasteiger partial charge in [-0.15, -0.1) is 0 Å². The third kappa shape index (κ3) is 5.60. The normalized spacial score (nSPS) is 11.5. The summed E-state index contributed by atoms with van der Waals surface area (Å²) in [6, 6.07) is 13.0. The van der Waals surface area contributed by atoms with Gasteiger partial charge < -0.3 is 15.8 Å². The SMILES string of the molecule is CC(=O)[C@@H](Cc1ccccc1)NC(=O)COC(=O)c1ccc(Cl)cc1N. The number of carbonyl (C=O) groups excluding carboxylic acids is 3. The number of hydrogen-bond donors (Lipinski definition) is 2. The van der Waals surface area contributed by atoms with E-state index in [0.717, 1.165) is 5.56 Å². The van der Waals surface area contributed by atoms with Crippen LogP contribution in [0.2, 0.25) is 5.02 Å². The summed E-state index contributed by atoms with van der Waals surface area (Å²) in [5, 5.41) is 2.97.